The Bertz CT molecular complexity index is 1020. The summed E-state index contributed by atoms with van der Waals surface area (Å²) in [5, 5.41) is 9.57. The summed E-state index contributed by atoms with van der Waals surface area (Å²) in [6.07, 6.45) is 2.99. The molecular weight excluding hydrogens is 401 g/mol. The van der Waals surface area contributed by atoms with Crippen LogP contribution in [0.25, 0.3) is 11.6 Å². The topological polar surface area (TPSA) is 77.1 Å². The first kappa shape index (κ1) is 19.0. The minimum atomic E-state index is -0.188. The molecule has 0 bridgehead atoms. The molecule has 1 fully saturated rings. The van der Waals surface area contributed by atoms with Gasteiger partial charge in [0, 0.05) is 36.2 Å². The van der Waals surface area contributed by atoms with E-state index < -0.39 is 0 Å². The Morgan fingerprint density at radius 1 is 1.14 bits per heavy atom. The van der Waals surface area contributed by atoms with Gasteiger partial charge in [-0.05, 0) is 60.2 Å². The first-order valence-corrected chi connectivity index (χ1v) is 9.82. The van der Waals surface area contributed by atoms with Gasteiger partial charge in [-0.25, -0.2) is 4.68 Å². The fourth-order valence-electron chi connectivity index (χ4n) is 3.46. The van der Waals surface area contributed by atoms with Gasteiger partial charge in [-0.1, -0.05) is 23.2 Å². The molecule has 0 amide bonds. The Labute approximate surface area is 171 Å². The molecule has 2 aromatic heterocycles. The lowest BCUT2D eigenvalue weighted by Gasteiger charge is -2.31. The van der Waals surface area contributed by atoms with Crippen molar-refractivity contribution in [2.24, 2.45) is 13.0 Å². The van der Waals surface area contributed by atoms with Gasteiger partial charge in [0.2, 0.25) is 0 Å². The third kappa shape index (κ3) is 4.20. The molecule has 146 valence electrons. The molecule has 3 aromatic rings. The van der Waals surface area contributed by atoms with Gasteiger partial charge in [-0.3, -0.25) is 4.79 Å². The molecule has 0 N–H and O–H groups in total. The zero-order valence-electron chi connectivity index (χ0n) is 15.3. The van der Waals surface area contributed by atoms with E-state index in [1.165, 1.54) is 16.3 Å². The lowest BCUT2D eigenvalue weighted by atomic mass is 9.90. The molecule has 0 saturated carbocycles. The zero-order valence-corrected chi connectivity index (χ0v) is 16.8. The molecule has 9 heteroatoms. The number of anilines is 1. The summed E-state index contributed by atoms with van der Waals surface area (Å²) in [7, 11) is 1.58. The van der Waals surface area contributed by atoms with Crippen molar-refractivity contribution in [1.82, 2.24) is 19.9 Å². The first-order chi connectivity index (χ1) is 13.5. The van der Waals surface area contributed by atoms with Crippen molar-refractivity contribution >= 4 is 29.2 Å². The molecule has 0 spiro atoms. The van der Waals surface area contributed by atoms with Crippen molar-refractivity contribution in [1.29, 1.82) is 0 Å². The highest BCUT2D eigenvalue weighted by molar-refractivity contribution is 6.34. The van der Waals surface area contributed by atoms with Gasteiger partial charge in [0.25, 0.3) is 17.4 Å². The summed E-state index contributed by atoms with van der Waals surface area (Å²) in [6, 6.07) is 8.72. The van der Waals surface area contributed by atoms with Gasteiger partial charge in [-0.15, -0.1) is 0 Å². The van der Waals surface area contributed by atoms with E-state index in [1.54, 1.807) is 19.2 Å². The Hall–Kier alpha value is -2.38. The minimum Gasteiger partial charge on any atom is -0.338 e. The minimum absolute atomic E-state index is 0.188. The van der Waals surface area contributed by atoms with Crippen LogP contribution in [0.2, 0.25) is 10.0 Å². The van der Waals surface area contributed by atoms with Crippen LogP contribution >= 0.6 is 23.2 Å². The number of hydrogen-bond acceptors (Lipinski definition) is 6. The van der Waals surface area contributed by atoms with E-state index in [-0.39, 0.29) is 5.56 Å². The second-order valence-electron chi connectivity index (χ2n) is 6.99. The maximum absolute atomic E-state index is 11.5. The summed E-state index contributed by atoms with van der Waals surface area (Å²) in [5.74, 6) is 1.42. The van der Waals surface area contributed by atoms with Crippen LogP contribution in [-0.2, 0) is 13.5 Å². The van der Waals surface area contributed by atoms with Gasteiger partial charge in [0.1, 0.15) is 5.69 Å². The molecule has 1 aliphatic rings. The van der Waals surface area contributed by atoms with Crippen molar-refractivity contribution < 1.29 is 4.52 Å². The normalized spacial score (nSPS) is 15.2. The third-order valence-electron chi connectivity index (χ3n) is 4.94. The van der Waals surface area contributed by atoms with E-state index in [2.05, 4.69) is 20.1 Å². The van der Waals surface area contributed by atoms with Crippen molar-refractivity contribution in [2.75, 3.05) is 18.0 Å². The maximum atomic E-state index is 11.5. The summed E-state index contributed by atoms with van der Waals surface area (Å²) >= 11 is 12.2. The molecule has 7 nitrogen and oxygen atoms in total. The second-order valence-corrected chi connectivity index (χ2v) is 7.87. The van der Waals surface area contributed by atoms with Gasteiger partial charge in [-0.2, -0.15) is 10.1 Å². The lowest BCUT2D eigenvalue weighted by Crippen LogP contribution is -2.35. The number of hydrogen-bond donors (Lipinski definition) is 0. The number of aromatic nitrogens is 4. The lowest BCUT2D eigenvalue weighted by molar-refractivity contribution is 0.390. The van der Waals surface area contributed by atoms with Crippen LogP contribution in [0.15, 0.2) is 39.6 Å². The molecule has 28 heavy (non-hydrogen) atoms. The summed E-state index contributed by atoms with van der Waals surface area (Å²) < 4.78 is 6.58. The number of nitrogens with zero attached hydrogens (tertiary/aromatic N) is 5. The van der Waals surface area contributed by atoms with Crippen LogP contribution < -0.4 is 10.5 Å². The average Bonchev–Trinajstić information content (AvgIpc) is 3.14. The molecule has 1 aromatic carbocycles. The van der Waals surface area contributed by atoms with Crippen LogP contribution in [0.3, 0.4) is 0 Å². The molecular formula is C19H19Cl2N5O2. The average molecular weight is 420 g/mol. The molecule has 0 radical (unpaired) electrons. The molecule has 1 aliphatic heterocycles. The molecule has 0 atom stereocenters. The van der Waals surface area contributed by atoms with E-state index in [0.717, 1.165) is 32.4 Å². The Balaban J connectivity index is 1.39. The van der Waals surface area contributed by atoms with E-state index in [4.69, 9.17) is 27.7 Å². The highest BCUT2D eigenvalue weighted by Gasteiger charge is 2.23. The maximum Gasteiger partial charge on any atom is 0.279 e. The van der Waals surface area contributed by atoms with Gasteiger partial charge in [0.05, 0.1) is 0 Å². The quantitative estimate of drug-likeness (QED) is 0.642. The standard InChI is InChI=1S/C19H19Cl2N5O2/c1-25-17(27)3-2-16(23-25)18-22-19(24-28-18)26-6-4-12(5-7-26)8-13-9-14(20)11-15(21)10-13/h2-3,9-12H,4-8H2,1H3. The molecule has 0 aliphatic carbocycles. The van der Waals surface area contributed by atoms with E-state index >= 15 is 0 Å². The monoisotopic (exact) mass is 419 g/mol. The van der Waals surface area contributed by atoms with Crippen LogP contribution in [0.4, 0.5) is 5.95 Å². The van der Waals surface area contributed by atoms with Crippen molar-refractivity contribution in [3.8, 4) is 11.6 Å². The van der Waals surface area contributed by atoms with Gasteiger partial charge >= 0.3 is 0 Å². The van der Waals surface area contributed by atoms with E-state index in [9.17, 15) is 4.79 Å². The van der Waals surface area contributed by atoms with Crippen molar-refractivity contribution in [3.05, 3.63) is 56.3 Å². The number of halogens is 2. The third-order valence-corrected chi connectivity index (χ3v) is 5.38. The van der Waals surface area contributed by atoms with E-state index in [0.29, 0.717) is 33.5 Å². The smallest absolute Gasteiger partial charge is 0.279 e. The predicted octanol–water partition coefficient (Wildman–Crippen LogP) is 3.60. The summed E-state index contributed by atoms with van der Waals surface area (Å²) in [5.41, 5.74) is 1.46. The largest absolute Gasteiger partial charge is 0.338 e. The number of rotatable bonds is 4. The predicted molar refractivity (Wildman–Crippen MR) is 108 cm³/mol. The van der Waals surface area contributed by atoms with Gasteiger partial charge in [0.15, 0.2) is 0 Å². The Morgan fingerprint density at radius 3 is 2.54 bits per heavy atom. The Kier molecular flexibility index (Phi) is 5.37. The van der Waals surface area contributed by atoms with Crippen LogP contribution in [-0.4, -0.2) is 33.0 Å². The van der Waals surface area contributed by atoms with Crippen LogP contribution in [0.5, 0.6) is 0 Å². The fraction of sp³-hybridized carbons (Fsp3) is 0.368. The van der Waals surface area contributed by atoms with Crippen LogP contribution in [0, 0.1) is 5.92 Å². The SMILES string of the molecule is Cn1nc(-c2nc(N3CCC(Cc4cc(Cl)cc(Cl)c4)CC3)no2)ccc1=O. The van der Waals surface area contributed by atoms with Crippen molar-refractivity contribution in [2.45, 2.75) is 19.3 Å². The first-order valence-electron chi connectivity index (χ1n) is 9.06. The van der Waals surface area contributed by atoms with Crippen LogP contribution in [0.1, 0.15) is 18.4 Å². The molecule has 1 saturated heterocycles. The van der Waals surface area contributed by atoms with Crippen molar-refractivity contribution in [3.63, 3.8) is 0 Å². The zero-order chi connectivity index (χ0) is 19.7. The fourth-order valence-corrected chi connectivity index (χ4v) is 4.04. The molecule has 0 unspecified atom stereocenters. The second kappa shape index (κ2) is 7.93. The number of piperidine rings is 1. The van der Waals surface area contributed by atoms with Gasteiger partial charge < -0.3 is 9.42 Å². The summed E-state index contributed by atoms with van der Waals surface area (Å²) in [6.45, 7) is 1.69. The molecule has 4 rings (SSSR count). The highest BCUT2D eigenvalue weighted by atomic mass is 35.5. The Morgan fingerprint density at radius 2 is 1.86 bits per heavy atom. The number of benzene rings is 1. The van der Waals surface area contributed by atoms with E-state index in [1.807, 2.05) is 12.1 Å². The highest BCUT2D eigenvalue weighted by Crippen LogP contribution is 2.27. The molecule has 3 heterocycles. The summed E-state index contributed by atoms with van der Waals surface area (Å²) in [4.78, 5) is 18.0. The number of aryl methyl sites for hydroxylation is 1.